The average molecular weight is 251 g/mol. The van der Waals surface area contributed by atoms with E-state index in [0.29, 0.717) is 0 Å². The van der Waals surface area contributed by atoms with E-state index in [9.17, 15) is 4.79 Å². The van der Waals surface area contributed by atoms with Gasteiger partial charge in [-0.05, 0) is 0 Å². The molecule has 0 aromatic heterocycles. The second kappa shape index (κ2) is 5.08. The van der Waals surface area contributed by atoms with Gasteiger partial charge in [0.15, 0.2) is 0 Å². The van der Waals surface area contributed by atoms with Crippen LogP contribution in [-0.2, 0) is 30.6 Å². The molecular weight excluding hydrogens is 247 g/mol. The van der Waals surface area contributed by atoms with Gasteiger partial charge >= 0.3 is 5.97 Å². The van der Waals surface area contributed by atoms with Gasteiger partial charge < -0.3 is 5.11 Å². The van der Waals surface area contributed by atoms with Gasteiger partial charge in [0.05, 0.1) is 0 Å². The van der Waals surface area contributed by atoms with Crippen LogP contribution in [0, 0.1) is 0 Å². The van der Waals surface area contributed by atoms with Crippen LogP contribution in [0.3, 0.4) is 0 Å². The van der Waals surface area contributed by atoms with Crippen molar-refractivity contribution in [1.29, 1.82) is 0 Å². The third kappa shape index (κ3) is 8.95. The van der Waals surface area contributed by atoms with Gasteiger partial charge in [-0.3, -0.25) is 0 Å². The zero-order valence-electron chi connectivity index (χ0n) is 3.14. The first kappa shape index (κ1) is 9.43. The molecule has 0 fully saturated rings. The van der Waals surface area contributed by atoms with Crippen LogP contribution in [0.25, 0.3) is 0 Å². The van der Waals surface area contributed by atoms with Gasteiger partial charge in [0.25, 0.3) is 0 Å². The molecule has 0 aromatic rings. The summed E-state index contributed by atoms with van der Waals surface area (Å²) in [6, 6.07) is 0. The first-order valence-corrected chi connectivity index (χ1v) is 1.12. The molecule has 0 aliphatic rings. The normalized spacial score (nSPS) is 5.33. The van der Waals surface area contributed by atoms with Crippen molar-refractivity contribution >= 4 is 5.97 Å². The summed E-state index contributed by atoms with van der Waals surface area (Å²) in [6.07, 6.45) is 0.833. The summed E-state index contributed by atoms with van der Waals surface area (Å²) in [6.45, 7) is 2.96. The van der Waals surface area contributed by atoms with Gasteiger partial charge in [-0.2, -0.15) is 0 Å². The van der Waals surface area contributed by atoms with Crippen molar-refractivity contribution in [3.8, 4) is 0 Å². The van der Waals surface area contributed by atoms with E-state index in [2.05, 4.69) is 6.58 Å². The summed E-state index contributed by atoms with van der Waals surface area (Å²) in [5.41, 5.74) is 0. The van der Waals surface area contributed by atoms with E-state index in [1.165, 1.54) is 0 Å². The Balaban J connectivity index is 0. The summed E-state index contributed by atoms with van der Waals surface area (Å²) < 4.78 is 0. The molecule has 0 aliphatic carbocycles. The van der Waals surface area contributed by atoms with Crippen molar-refractivity contribution in [2.24, 2.45) is 0 Å². The van der Waals surface area contributed by atoms with E-state index < -0.39 is 5.97 Å². The van der Waals surface area contributed by atoms with E-state index in [1.807, 2.05) is 0 Å². The van der Waals surface area contributed by atoms with Gasteiger partial charge in [0.1, 0.15) is 0 Å². The average Bonchev–Trinajstić information content (AvgIpc) is 1.38. The van der Waals surface area contributed by atoms with Gasteiger partial charge in [-0.25, -0.2) is 4.79 Å². The fourth-order valence-electron chi connectivity index (χ4n) is 0. The Morgan fingerprint density at radius 1 is 1.83 bits per heavy atom. The molecule has 3 heteroatoms. The Kier molecular flexibility index (Phi) is 7.98. The maximum atomic E-state index is 9.25. The summed E-state index contributed by atoms with van der Waals surface area (Å²) in [5.74, 6) is -0.981. The Labute approximate surface area is 54.6 Å². The van der Waals surface area contributed by atoms with Crippen molar-refractivity contribution < 1.29 is 35.7 Å². The van der Waals surface area contributed by atoms with Gasteiger partial charge in [0.2, 0.25) is 0 Å². The largest absolute Gasteiger partial charge is 0.478 e. The molecule has 0 saturated heterocycles. The number of carboxylic acid groups (broad SMARTS) is 1. The summed E-state index contributed by atoms with van der Waals surface area (Å²) in [7, 11) is 0. The zero-order chi connectivity index (χ0) is 4.28. The quantitative estimate of drug-likeness (QED) is 0.535. The Bertz CT molecular complexity index is 59.8. The molecule has 0 rings (SSSR count). The number of carbonyl (C=O) groups is 1. The molecule has 0 spiro atoms. The topological polar surface area (TPSA) is 37.3 Å². The monoisotopic (exact) mass is 252 g/mol. The van der Waals surface area contributed by atoms with Crippen molar-refractivity contribution in [1.82, 2.24) is 0 Å². The van der Waals surface area contributed by atoms with E-state index >= 15 is 0 Å². The minimum Gasteiger partial charge on any atom is -0.478 e. The predicted molar refractivity (Wildman–Crippen MR) is 17.8 cm³/mol. The molecule has 0 heterocycles. The van der Waals surface area contributed by atoms with E-state index in [1.54, 1.807) is 0 Å². The second-order valence-electron chi connectivity index (χ2n) is 0.542. The summed E-state index contributed by atoms with van der Waals surface area (Å²) in [4.78, 5) is 9.25. The van der Waals surface area contributed by atoms with E-state index in [-0.39, 0.29) is 25.8 Å². The fraction of sp³-hybridized carbons (Fsp3) is 0. The molecule has 2 nitrogen and oxygen atoms in total. The number of aliphatic carboxylic acids is 1. The van der Waals surface area contributed by atoms with Crippen molar-refractivity contribution in [2.45, 2.75) is 0 Å². The second-order valence-corrected chi connectivity index (χ2v) is 0.542. The SMILES string of the molecule is C=CC(=O)O.[Hf]. The van der Waals surface area contributed by atoms with E-state index in [0.717, 1.165) is 6.08 Å². The minimum atomic E-state index is -0.981. The fourth-order valence-corrected chi connectivity index (χ4v) is 0. The predicted octanol–water partition coefficient (Wildman–Crippen LogP) is 0.254. The van der Waals surface area contributed by atoms with Crippen LogP contribution in [0.1, 0.15) is 0 Å². The third-order valence-electron chi connectivity index (χ3n) is 0.175. The Morgan fingerprint density at radius 3 is 2.00 bits per heavy atom. The van der Waals surface area contributed by atoms with Gasteiger partial charge in [0, 0.05) is 31.9 Å². The molecule has 6 heavy (non-hydrogen) atoms. The molecule has 0 bridgehead atoms. The molecule has 0 unspecified atom stereocenters. The van der Waals surface area contributed by atoms with Crippen LogP contribution in [0.4, 0.5) is 0 Å². The van der Waals surface area contributed by atoms with Crippen LogP contribution in [-0.4, -0.2) is 11.1 Å². The molecular formula is C3H4HfO2. The number of hydrogen-bond donors (Lipinski definition) is 1. The maximum absolute atomic E-state index is 9.25. The molecule has 0 radical (unpaired) electrons. The molecule has 0 amide bonds. The van der Waals surface area contributed by atoms with Crippen LogP contribution in [0.15, 0.2) is 12.7 Å². The van der Waals surface area contributed by atoms with Crippen molar-refractivity contribution in [2.75, 3.05) is 0 Å². The summed E-state index contributed by atoms with van der Waals surface area (Å²) in [5, 5.41) is 7.60. The zero-order valence-corrected chi connectivity index (χ0v) is 6.73. The number of carboxylic acids is 1. The first-order valence-electron chi connectivity index (χ1n) is 1.12. The number of rotatable bonds is 1. The van der Waals surface area contributed by atoms with Crippen LogP contribution in [0.2, 0.25) is 0 Å². The maximum Gasteiger partial charge on any atom is 0.327 e. The third-order valence-corrected chi connectivity index (χ3v) is 0.175. The molecule has 32 valence electrons. The van der Waals surface area contributed by atoms with Crippen LogP contribution in [0.5, 0.6) is 0 Å². The molecule has 1 N–H and O–H groups in total. The van der Waals surface area contributed by atoms with Crippen LogP contribution < -0.4 is 0 Å². The summed E-state index contributed by atoms with van der Waals surface area (Å²) >= 11 is 0. The molecule has 0 saturated carbocycles. The van der Waals surface area contributed by atoms with Crippen molar-refractivity contribution in [3.63, 3.8) is 0 Å². The molecule has 0 atom stereocenters. The van der Waals surface area contributed by atoms with Crippen LogP contribution >= 0.6 is 0 Å². The first-order chi connectivity index (χ1) is 2.27. The van der Waals surface area contributed by atoms with E-state index in [4.69, 9.17) is 5.11 Å². The standard InChI is InChI=1S/C3H4O2.Hf/c1-2-3(4)5;/h2H,1H2,(H,4,5);. The number of hydrogen-bond acceptors (Lipinski definition) is 1. The molecule has 0 aromatic carbocycles. The Hall–Kier alpha value is 0.0801. The van der Waals surface area contributed by atoms with Crippen molar-refractivity contribution in [3.05, 3.63) is 12.7 Å². The smallest absolute Gasteiger partial charge is 0.327 e. The van der Waals surface area contributed by atoms with Gasteiger partial charge in [-0.15, -0.1) is 0 Å². The Morgan fingerprint density at radius 2 is 2.00 bits per heavy atom. The molecule has 0 aliphatic heterocycles. The van der Waals surface area contributed by atoms with Gasteiger partial charge in [-0.1, -0.05) is 6.58 Å². The minimum absolute atomic E-state index is 0.